The first-order chi connectivity index (χ1) is 8.11. The Balaban J connectivity index is 2.60. The maximum atomic E-state index is 11.1. The lowest BCUT2D eigenvalue weighted by atomic mass is 10.2. The van der Waals surface area contributed by atoms with Crippen LogP contribution >= 0.6 is 0 Å². The van der Waals surface area contributed by atoms with E-state index in [1.807, 2.05) is 37.2 Å². The number of hydrogen-bond donors (Lipinski definition) is 0. The molecule has 0 fully saturated rings. The number of hydrogen-bond acceptors (Lipinski definition) is 3. The Bertz CT molecular complexity index is 384. The smallest absolute Gasteiger partial charge is 0.135 e. The lowest BCUT2D eigenvalue weighted by Gasteiger charge is -2.15. The lowest BCUT2D eigenvalue weighted by molar-refractivity contribution is -0.115. The third kappa shape index (κ3) is 5.29. The molecule has 0 spiro atoms. The van der Waals surface area contributed by atoms with Gasteiger partial charge in [-0.05, 0) is 18.9 Å². The highest BCUT2D eigenvalue weighted by Gasteiger charge is 2.03. The molecule has 0 atom stereocenters. The summed E-state index contributed by atoms with van der Waals surface area (Å²) in [6.45, 7) is 4.39. The Labute approximate surface area is 103 Å². The van der Waals surface area contributed by atoms with E-state index in [9.17, 15) is 4.79 Å². The Morgan fingerprint density at radius 3 is 2.47 bits per heavy atom. The van der Waals surface area contributed by atoms with Gasteiger partial charge in [0.15, 0.2) is 0 Å². The number of carbonyl (C=O) groups excluding carboxylic acids is 1. The summed E-state index contributed by atoms with van der Waals surface area (Å²) < 4.78 is 0. The predicted octanol–water partition coefficient (Wildman–Crippen LogP) is 2.86. The van der Waals surface area contributed by atoms with Gasteiger partial charge < -0.3 is 0 Å². The van der Waals surface area contributed by atoms with Crippen LogP contribution < -0.4 is 0 Å². The van der Waals surface area contributed by atoms with Crippen molar-refractivity contribution in [3.63, 3.8) is 0 Å². The van der Waals surface area contributed by atoms with Crippen LogP contribution in [0.15, 0.2) is 35.4 Å². The van der Waals surface area contributed by atoms with Crippen molar-refractivity contribution in [2.75, 3.05) is 7.05 Å². The molecular weight excluding hydrogens is 212 g/mol. The molecule has 0 unspecified atom stereocenters. The number of carbonyl (C=O) groups is 1. The normalized spacial score (nSPS) is 11.4. The first kappa shape index (κ1) is 13.4. The topological polar surface area (TPSA) is 32.7 Å². The van der Waals surface area contributed by atoms with Crippen LogP contribution in [0.1, 0.15) is 32.3 Å². The van der Waals surface area contributed by atoms with Crippen molar-refractivity contribution in [3.05, 3.63) is 35.9 Å². The lowest BCUT2D eigenvalue weighted by Crippen LogP contribution is -2.15. The van der Waals surface area contributed by atoms with E-state index >= 15 is 0 Å². The first-order valence-electron chi connectivity index (χ1n) is 5.92. The van der Waals surface area contributed by atoms with Gasteiger partial charge in [-0.1, -0.05) is 37.3 Å². The van der Waals surface area contributed by atoms with Gasteiger partial charge in [-0.2, -0.15) is 5.10 Å². The van der Waals surface area contributed by atoms with Gasteiger partial charge in [0.2, 0.25) is 0 Å². The summed E-state index contributed by atoms with van der Waals surface area (Å²) in [4.78, 5) is 11.1. The second kappa shape index (κ2) is 6.84. The number of benzene rings is 1. The summed E-state index contributed by atoms with van der Waals surface area (Å²) >= 11 is 0. The molecule has 0 bridgehead atoms. The number of hydrazone groups is 1. The molecule has 92 valence electrons. The molecule has 0 aliphatic rings. The van der Waals surface area contributed by atoms with Crippen molar-refractivity contribution in [1.29, 1.82) is 0 Å². The molecule has 3 heteroatoms. The van der Waals surface area contributed by atoms with E-state index in [2.05, 4.69) is 17.2 Å². The van der Waals surface area contributed by atoms with E-state index in [4.69, 9.17) is 0 Å². The average molecular weight is 232 g/mol. The van der Waals surface area contributed by atoms with Gasteiger partial charge in [0.1, 0.15) is 5.78 Å². The average Bonchev–Trinajstić information content (AvgIpc) is 2.28. The fourth-order valence-electron chi connectivity index (χ4n) is 1.64. The zero-order chi connectivity index (χ0) is 12.7. The molecule has 17 heavy (non-hydrogen) atoms. The van der Waals surface area contributed by atoms with Crippen LogP contribution in [0.4, 0.5) is 0 Å². The van der Waals surface area contributed by atoms with Gasteiger partial charge in [0.25, 0.3) is 0 Å². The summed E-state index contributed by atoms with van der Waals surface area (Å²) in [5.74, 6) is 0.165. The zero-order valence-electron chi connectivity index (χ0n) is 10.8. The standard InChI is InChI=1S/C14H20N2O/c1-4-14(10-12(2)17)15-16(3)11-13-8-6-5-7-9-13/h5-9H,4,10-11H2,1-3H3/b15-14+. The van der Waals surface area contributed by atoms with Crippen LogP contribution in [0.2, 0.25) is 0 Å². The quantitative estimate of drug-likeness (QED) is 0.558. The summed E-state index contributed by atoms with van der Waals surface area (Å²) in [5, 5.41) is 6.35. The van der Waals surface area contributed by atoms with Crippen LogP contribution in [0.25, 0.3) is 0 Å². The third-order valence-electron chi connectivity index (χ3n) is 2.43. The van der Waals surface area contributed by atoms with Crippen LogP contribution in [0, 0.1) is 0 Å². The molecule has 1 aromatic rings. The van der Waals surface area contributed by atoms with E-state index in [1.54, 1.807) is 6.92 Å². The molecule has 0 aromatic heterocycles. The number of rotatable bonds is 6. The van der Waals surface area contributed by atoms with E-state index in [0.717, 1.165) is 18.7 Å². The monoisotopic (exact) mass is 232 g/mol. The molecule has 0 saturated carbocycles. The van der Waals surface area contributed by atoms with Crippen molar-refractivity contribution in [1.82, 2.24) is 5.01 Å². The van der Waals surface area contributed by atoms with Gasteiger partial charge in [0, 0.05) is 19.2 Å². The summed E-state index contributed by atoms with van der Waals surface area (Å²) in [6.07, 6.45) is 1.27. The maximum Gasteiger partial charge on any atom is 0.135 e. The SMILES string of the molecule is CC/C(CC(C)=O)=N\N(C)Cc1ccccc1. The largest absolute Gasteiger partial charge is 0.300 e. The van der Waals surface area contributed by atoms with Crippen LogP contribution in [0.5, 0.6) is 0 Å². The highest BCUT2D eigenvalue weighted by molar-refractivity contribution is 6.00. The molecule has 0 saturated heterocycles. The van der Waals surface area contributed by atoms with E-state index in [1.165, 1.54) is 5.56 Å². The number of ketones is 1. The maximum absolute atomic E-state index is 11.1. The Kier molecular flexibility index (Phi) is 5.40. The predicted molar refractivity (Wildman–Crippen MR) is 70.9 cm³/mol. The van der Waals surface area contributed by atoms with E-state index in [-0.39, 0.29) is 5.78 Å². The minimum Gasteiger partial charge on any atom is -0.300 e. The first-order valence-corrected chi connectivity index (χ1v) is 5.92. The van der Waals surface area contributed by atoms with Crippen LogP contribution in [-0.2, 0) is 11.3 Å². The van der Waals surface area contributed by atoms with Crippen LogP contribution in [-0.4, -0.2) is 23.6 Å². The van der Waals surface area contributed by atoms with E-state index in [0.29, 0.717) is 6.42 Å². The molecule has 0 N–H and O–H groups in total. The second-order valence-electron chi connectivity index (χ2n) is 4.20. The van der Waals surface area contributed by atoms with Crippen molar-refractivity contribution in [2.24, 2.45) is 5.10 Å². The van der Waals surface area contributed by atoms with Crippen LogP contribution in [0.3, 0.4) is 0 Å². The van der Waals surface area contributed by atoms with Gasteiger partial charge in [0.05, 0.1) is 6.54 Å². The molecular formula is C14H20N2O. The number of Topliss-reactive ketones (excluding diaryl/α,β-unsaturated/α-hetero) is 1. The summed E-state index contributed by atoms with van der Waals surface area (Å²) in [7, 11) is 1.93. The van der Waals surface area contributed by atoms with Gasteiger partial charge in [-0.25, -0.2) is 0 Å². The molecule has 3 nitrogen and oxygen atoms in total. The molecule has 0 radical (unpaired) electrons. The molecule has 0 heterocycles. The second-order valence-corrected chi connectivity index (χ2v) is 4.20. The Morgan fingerprint density at radius 2 is 1.94 bits per heavy atom. The fraction of sp³-hybridized carbons (Fsp3) is 0.429. The molecule has 0 aliphatic carbocycles. The molecule has 1 aromatic carbocycles. The number of nitrogens with zero attached hydrogens (tertiary/aromatic N) is 2. The van der Waals surface area contributed by atoms with Crippen molar-refractivity contribution >= 4 is 11.5 Å². The third-order valence-corrected chi connectivity index (χ3v) is 2.43. The van der Waals surface area contributed by atoms with Gasteiger partial charge in [-0.15, -0.1) is 0 Å². The van der Waals surface area contributed by atoms with Gasteiger partial charge in [-0.3, -0.25) is 9.80 Å². The molecule has 0 aliphatic heterocycles. The minimum absolute atomic E-state index is 0.165. The van der Waals surface area contributed by atoms with Crippen molar-refractivity contribution in [2.45, 2.75) is 33.2 Å². The van der Waals surface area contributed by atoms with Gasteiger partial charge >= 0.3 is 0 Å². The summed E-state index contributed by atoms with van der Waals surface area (Å²) in [6, 6.07) is 10.2. The fourth-order valence-corrected chi connectivity index (χ4v) is 1.64. The highest BCUT2D eigenvalue weighted by Crippen LogP contribution is 2.04. The molecule has 1 rings (SSSR count). The van der Waals surface area contributed by atoms with E-state index < -0.39 is 0 Å². The summed E-state index contributed by atoms with van der Waals surface area (Å²) in [5.41, 5.74) is 2.16. The zero-order valence-corrected chi connectivity index (χ0v) is 10.8. The van der Waals surface area contributed by atoms with Crippen molar-refractivity contribution in [3.8, 4) is 0 Å². The molecule has 0 amide bonds. The Morgan fingerprint density at radius 1 is 1.29 bits per heavy atom. The van der Waals surface area contributed by atoms with Crippen molar-refractivity contribution < 1.29 is 4.79 Å². The Hall–Kier alpha value is -1.64. The highest BCUT2D eigenvalue weighted by atomic mass is 16.1. The minimum atomic E-state index is 0.165.